The number of anilines is 1. The van der Waals surface area contributed by atoms with Gasteiger partial charge in [0, 0.05) is 6.92 Å². The Morgan fingerprint density at radius 2 is 1.91 bits per heavy atom. The molecule has 0 fully saturated rings. The van der Waals surface area contributed by atoms with Crippen molar-refractivity contribution in [2.24, 2.45) is 0 Å². The molecule has 0 saturated carbocycles. The number of carbonyl (C=O) groups excluding carboxylic acids is 3. The zero-order chi connectivity index (χ0) is 16.8. The normalized spacial score (nSPS) is 11.1. The minimum atomic E-state index is -0.669. The Morgan fingerprint density at radius 1 is 1.23 bits per heavy atom. The fourth-order valence-electron chi connectivity index (χ4n) is 1.56. The molecule has 0 aliphatic heterocycles. The van der Waals surface area contributed by atoms with E-state index in [-0.39, 0.29) is 11.4 Å². The highest BCUT2D eigenvalue weighted by atomic mass is 16.6. The maximum absolute atomic E-state index is 11.8. The molecule has 22 heavy (non-hydrogen) atoms. The van der Waals surface area contributed by atoms with Crippen LogP contribution >= 0.6 is 0 Å². The molecule has 1 aromatic rings. The van der Waals surface area contributed by atoms with Crippen LogP contribution in [0.25, 0.3) is 6.08 Å². The fourth-order valence-corrected chi connectivity index (χ4v) is 1.56. The Labute approximate surface area is 129 Å². The largest absolute Gasteiger partial charge is 0.444 e. The van der Waals surface area contributed by atoms with Gasteiger partial charge in [0.15, 0.2) is 5.75 Å². The summed E-state index contributed by atoms with van der Waals surface area (Å²) in [6.07, 6.45) is 2.85. The molecule has 0 aliphatic rings. The topological polar surface area (TPSA) is 81.7 Å². The second-order valence-electron chi connectivity index (χ2n) is 5.47. The van der Waals surface area contributed by atoms with Crippen molar-refractivity contribution in [3.05, 3.63) is 29.8 Å². The average molecular weight is 305 g/mol. The number of nitrogens with one attached hydrogen (secondary N) is 1. The Hall–Kier alpha value is -2.63. The second kappa shape index (κ2) is 7.40. The monoisotopic (exact) mass is 305 g/mol. The number of esters is 1. The van der Waals surface area contributed by atoms with E-state index in [1.54, 1.807) is 39.0 Å². The van der Waals surface area contributed by atoms with Crippen molar-refractivity contribution in [1.29, 1.82) is 0 Å². The predicted molar refractivity (Wildman–Crippen MR) is 82.7 cm³/mol. The summed E-state index contributed by atoms with van der Waals surface area (Å²) in [7, 11) is 0. The Morgan fingerprint density at radius 3 is 2.45 bits per heavy atom. The van der Waals surface area contributed by atoms with Gasteiger partial charge >= 0.3 is 12.1 Å². The van der Waals surface area contributed by atoms with Crippen LogP contribution in [-0.4, -0.2) is 23.9 Å². The number of aldehydes is 1. The summed E-state index contributed by atoms with van der Waals surface area (Å²) in [6, 6.07) is 4.75. The first-order valence-electron chi connectivity index (χ1n) is 6.65. The molecule has 1 rings (SSSR count). The number of benzene rings is 1. The molecule has 0 spiro atoms. The molecule has 1 N–H and O–H groups in total. The Kier molecular flexibility index (Phi) is 5.86. The van der Waals surface area contributed by atoms with Crippen LogP contribution in [0.3, 0.4) is 0 Å². The van der Waals surface area contributed by atoms with Crippen LogP contribution in [0.4, 0.5) is 10.5 Å². The lowest BCUT2D eigenvalue weighted by molar-refractivity contribution is -0.131. The summed E-state index contributed by atoms with van der Waals surface area (Å²) in [4.78, 5) is 33.3. The van der Waals surface area contributed by atoms with E-state index >= 15 is 0 Å². The highest BCUT2D eigenvalue weighted by molar-refractivity contribution is 5.89. The molecule has 0 aliphatic carbocycles. The minimum absolute atomic E-state index is 0.196. The molecule has 6 heteroatoms. The van der Waals surface area contributed by atoms with E-state index in [1.807, 2.05) is 0 Å². The second-order valence-corrected chi connectivity index (χ2v) is 5.47. The van der Waals surface area contributed by atoms with Gasteiger partial charge in [-0.15, -0.1) is 0 Å². The van der Waals surface area contributed by atoms with Crippen LogP contribution < -0.4 is 10.1 Å². The van der Waals surface area contributed by atoms with Crippen molar-refractivity contribution in [3.8, 4) is 5.75 Å². The molecule has 0 bridgehead atoms. The van der Waals surface area contributed by atoms with Crippen molar-refractivity contribution < 1.29 is 23.9 Å². The first-order valence-corrected chi connectivity index (χ1v) is 6.65. The molecular weight excluding hydrogens is 286 g/mol. The molecule has 118 valence electrons. The van der Waals surface area contributed by atoms with Crippen LogP contribution in [0.5, 0.6) is 5.75 Å². The number of rotatable bonds is 4. The van der Waals surface area contributed by atoms with Gasteiger partial charge in [0.2, 0.25) is 0 Å². The third kappa shape index (κ3) is 6.21. The van der Waals surface area contributed by atoms with Gasteiger partial charge in [-0.25, -0.2) is 4.79 Å². The zero-order valence-electron chi connectivity index (χ0n) is 13.0. The van der Waals surface area contributed by atoms with Gasteiger partial charge in [0.25, 0.3) is 0 Å². The molecule has 0 unspecified atom stereocenters. The molecule has 0 radical (unpaired) electrons. The zero-order valence-corrected chi connectivity index (χ0v) is 13.0. The maximum atomic E-state index is 11.8. The third-order valence-electron chi connectivity index (χ3n) is 2.26. The lowest BCUT2D eigenvalue weighted by Crippen LogP contribution is -2.27. The van der Waals surface area contributed by atoms with Crippen molar-refractivity contribution in [2.45, 2.75) is 33.3 Å². The summed E-state index contributed by atoms with van der Waals surface area (Å²) in [6.45, 7) is 6.48. The predicted octanol–water partition coefficient (Wildman–Crippen LogP) is 3.17. The average Bonchev–Trinajstić information content (AvgIpc) is 2.36. The standard InChI is InChI=1S/C16H19NO5/c1-11(19)21-14-8-7-12(6-5-9-18)10-13(14)17-15(20)22-16(2,3)4/h5-10H,1-4H3,(H,17,20)/b6-5+. The summed E-state index contributed by atoms with van der Waals surface area (Å²) >= 11 is 0. The molecule has 1 aromatic carbocycles. The quantitative estimate of drug-likeness (QED) is 0.400. The molecular formula is C16H19NO5. The summed E-state index contributed by atoms with van der Waals surface area (Å²) in [5.41, 5.74) is 0.285. The third-order valence-corrected chi connectivity index (χ3v) is 2.26. The minimum Gasteiger partial charge on any atom is -0.444 e. The van der Waals surface area contributed by atoms with Gasteiger partial charge in [-0.05, 0) is 44.5 Å². The number of hydrogen-bond acceptors (Lipinski definition) is 5. The first kappa shape index (κ1) is 17.4. The SMILES string of the molecule is CC(=O)Oc1ccc(/C=C/C=O)cc1NC(=O)OC(C)(C)C. The first-order chi connectivity index (χ1) is 10.2. The summed E-state index contributed by atoms with van der Waals surface area (Å²) in [5, 5.41) is 2.53. The molecule has 0 atom stereocenters. The van der Waals surface area contributed by atoms with Crippen LogP contribution in [0.15, 0.2) is 24.3 Å². The van der Waals surface area contributed by atoms with E-state index < -0.39 is 17.7 Å². The van der Waals surface area contributed by atoms with Gasteiger partial charge in [-0.2, -0.15) is 0 Å². The van der Waals surface area contributed by atoms with Crippen LogP contribution in [0.2, 0.25) is 0 Å². The number of ether oxygens (including phenoxy) is 2. The van der Waals surface area contributed by atoms with Crippen LogP contribution in [0, 0.1) is 0 Å². The molecule has 6 nitrogen and oxygen atoms in total. The number of allylic oxidation sites excluding steroid dienone is 1. The van der Waals surface area contributed by atoms with Crippen molar-refractivity contribution in [2.75, 3.05) is 5.32 Å². The fraction of sp³-hybridized carbons (Fsp3) is 0.312. The maximum Gasteiger partial charge on any atom is 0.412 e. The lowest BCUT2D eigenvalue weighted by atomic mass is 10.1. The van der Waals surface area contributed by atoms with E-state index in [2.05, 4.69) is 5.32 Å². The molecule has 1 amide bonds. The van der Waals surface area contributed by atoms with E-state index in [9.17, 15) is 14.4 Å². The number of amides is 1. The summed E-state index contributed by atoms with van der Waals surface area (Å²) in [5.74, 6) is -0.315. The number of carbonyl (C=O) groups is 3. The van der Waals surface area contributed by atoms with Gasteiger partial charge in [0.1, 0.15) is 11.9 Å². The highest BCUT2D eigenvalue weighted by Gasteiger charge is 2.18. The van der Waals surface area contributed by atoms with Crippen molar-refractivity contribution >= 4 is 30.1 Å². The van der Waals surface area contributed by atoms with E-state index in [4.69, 9.17) is 9.47 Å². The van der Waals surface area contributed by atoms with E-state index in [0.29, 0.717) is 11.8 Å². The van der Waals surface area contributed by atoms with Crippen LogP contribution in [0.1, 0.15) is 33.3 Å². The molecule has 0 aromatic heterocycles. The van der Waals surface area contributed by atoms with Crippen molar-refractivity contribution in [3.63, 3.8) is 0 Å². The van der Waals surface area contributed by atoms with Crippen molar-refractivity contribution in [1.82, 2.24) is 0 Å². The van der Waals surface area contributed by atoms with Crippen LogP contribution in [-0.2, 0) is 14.3 Å². The lowest BCUT2D eigenvalue weighted by Gasteiger charge is -2.20. The Balaban J connectivity index is 3.05. The van der Waals surface area contributed by atoms with Gasteiger partial charge in [0.05, 0.1) is 5.69 Å². The van der Waals surface area contributed by atoms with E-state index in [0.717, 1.165) is 0 Å². The van der Waals surface area contributed by atoms with Gasteiger partial charge in [-0.3, -0.25) is 14.9 Å². The van der Waals surface area contributed by atoms with Gasteiger partial charge < -0.3 is 9.47 Å². The molecule has 0 saturated heterocycles. The van der Waals surface area contributed by atoms with Gasteiger partial charge in [-0.1, -0.05) is 12.1 Å². The smallest absolute Gasteiger partial charge is 0.412 e. The van der Waals surface area contributed by atoms with E-state index in [1.165, 1.54) is 19.1 Å². The number of hydrogen-bond donors (Lipinski definition) is 1. The highest BCUT2D eigenvalue weighted by Crippen LogP contribution is 2.27. The Bertz CT molecular complexity index is 599. The molecule has 0 heterocycles. The summed E-state index contributed by atoms with van der Waals surface area (Å²) < 4.78 is 10.2.